The molecule has 12 heavy (non-hydrogen) atoms. The molecule has 0 heterocycles. The number of carbonyl (C=O) groups is 1. The first-order valence-corrected chi connectivity index (χ1v) is 4.01. The van der Waals surface area contributed by atoms with Gasteiger partial charge in [-0.1, -0.05) is 13.0 Å². The van der Waals surface area contributed by atoms with Crippen molar-refractivity contribution in [1.29, 1.82) is 0 Å². The van der Waals surface area contributed by atoms with Crippen molar-refractivity contribution in [2.24, 2.45) is 0 Å². The highest BCUT2D eigenvalue weighted by Crippen LogP contribution is 2.32. The average molecular weight is 164 g/mol. The molecule has 2 rings (SSSR count). The Bertz CT molecular complexity index is 344. The van der Waals surface area contributed by atoms with E-state index >= 15 is 0 Å². The Morgan fingerprint density at radius 1 is 1.50 bits per heavy atom. The minimum absolute atomic E-state index is 0.0667. The summed E-state index contributed by atoms with van der Waals surface area (Å²) >= 11 is 0. The first kappa shape index (κ1) is 7.47. The number of Topliss-reactive ketones (excluding diaryl/α,β-unsaturated/α-hetero) is 1. The molecule has 0 N–H and O–H groups in total. The van der Waals surface area contributed by atoms with E-state index in [1.807, 2.05) is 6.92 Å². The largest absolute Gasteiger partial charge is 0.294 e. The molecule has 1 nitrogen and oxygen atoms in total. The highest BCUT2D eigenvalue weighted by Gasteiger charge is 2.25. The molecule has 1 aliphatic rings. The highest BCUT2D eigenvalue weighted by molar-refractivity contribution is 6.01. The van der Waals surface area contributed by atoms with Gasteiger partial charge in [0.05, 0.1) is 0 Å². The quantitative estimate of drug-likeness (QED) is 0.575. The topological polar surface area (TPSA) is 17.1 Å². The van der Waals surface area contributed by atoms with E-state index in [1.165, 1.54) is 12.1 Å². The Hall–Kier alpha value is -1.18. The van der Waals surface area contributed by atoms with Gasteiger partial charge in [0.1, 0.15) is 5.82 Å². The summed E-state index contributed by atoms with van der Waals surface area (Å²) in [6, 6.07) is 4.45. The molecule has 1 aromatic carbocycles. The maximum absolute atomic E-state index is 12.7. The third-order valence-electron chi connectivity index (χ3n) is 2.34. The van der Waals surface area contributed by atoms with Crippen molar-refractivity contribution in [2.45, 2.75) is 19.3 Å². The van der Waals surface area contributed by atoms with Crippen molar-refractivity contribution < 1.29 is 9.18 Å². The molecular formula is C10H9FO. The van der Waals surface area contributed by atoms with E-state index in [0.29, 0.717) is 12.0 Å². The van der Waals surface area contributed by atoms with E-state index in [0.717, 1.165) is 5.56 Å². The number of ketones is 1. The Labute approximate surface area is 70.2 Å². The number of rotatable bonds is 0. The maximum atomic E-state index is 12.7. The summed E-state index contributed by atoms with van der Waals surface area (Å²) in [5, 5.41) is 0. The zero-order valence-electron chi connectivity index (χ0n) is 6.80. The maximum Gasteiger partial charge on any atom is 0.163 e. The fraction of sp³-hybridized carbons (Fsp3) is 0.300. The fourth-order valence-corrected chi connectivity index (χ4v) is 1.70. The van der Waals surface area contributed by atoms with Crippen molar-refractivity contribution in [3.05, 3.63) is 35.1 Å². The van der Waals surface area contributed by atoms with Crippen LogP contribution in [0.15, 0.2) is 18.2 Å². The van der Waals surface area contributed by atoms with Crippen LogP contribution in [0.1, 0.15) is 35.2 Å². The number of benzene rings is 1. The van der Waals surface area contributed by atoms with Crippen LogP contribution in [0.5, 0.6) is 0 Å². The first-order valence-electron chi connectivity index (χ1n) is 4.01. The van der Waals surface area contributed by atoms with Gasteiger partial charge in [0, 0.05) is 12.0 Å². The Balaban J connectivity index is 2.60. The summed E-state index contributed by atoms with van der Waals surface area (Å²) in [6.45, 7) is 1.99. The van der Waals surface area contributed by atoms with Crippen LogP contribution in [0, 0.1) is 5.82 Å². The summed E-state index contributed by atoms with van der Waals surface area (Å²) in [4.78, 5) is 11.3. The van der Waals surface area contributed by atoms with Crippen molar-refractivity contribution in [1.82, 2.24) is 0 Å². The molecule has 0 saturated heterocycles. The van der Waals surface area contributed by atoms with Crippen LogP contribution in [-0.2, 0) is 0 Å². The molecule has 0 saturated carbocycles. The monoisotopic (exact) mass is 164 g/mol. The smallest absolute Gasteiger partial charge is 0.163 e. The van der Waals surface area contributed by atoms with Crippen LogP contribution in [0.25, 0.3) is 0 Å². The summed E-state index contributed by atoms with van der Waals surface area (Å²) < 4.78 is 12.7. The normalized spacial score (nSPS) is 21.2. The van der Waals surface area contributed by atoms with Crippen molar-refractivity contribution in [3.63, 3.8) is 0 Å². The third-order valence-corrected chi connectivity index (χ3v) is 2.34. The van der Waals surface area contributed by atoms with E-state index < -0.39 is 0 Å². The lowest BCUT2D eigenvalue weighted by Gasteiger charge is -2.00. The van der Waals surface area contributed by atoms with Crippen LogP contribution in [0.3, 0.4) is 0 Å². The van der Waals surface area contributed by atoms with Gasteiger partial charge in [-0.05, 0) is 23.6 Å². The molecule has 1 unspecified atom stereocenters. The second kappa shape index (κ2) is 2.41. The van der Waals surface area contributed by atoms with Crippen LogP contribution in [0.4, 0.5) is 4.39 Å². The molecule has 0 amide bonds. The molecule has 0 bridgehead atoms. The minimum atomic E-state index is -0.323. The van der Waals surface area contributed by atoms with E-state index in [4.69, 9.17) is 0 Å². The molecule has 2 heteroatoms. The van der Waals surface area contributed by atoms with Gasteiger partial charge in [0.25, 0.3) is 0 Å². The van der Waals surface area contributed by atoms with E-state index in [9.17, 15) is 9.18 Å². The molecule has 0 fully saturated rings. The number of hydrogen-bond donors (Lipinski definition) is 0. The second-order valence-electron chi connectivity index (χ2n) is 3.26. The van der Waals surface area contributed by atoms with Crippen molar-refractivity contribution in [3.8, 4) is 0 Å². The average Bonchev–Trinajstić information content (AvgIpc) is 2.28. The molecule has 1 aliphatic carbocycles. The minimum Gasteiger partial charge on any atom is -0.294 e. The summed E-state index contributed by atoms with van der Waals surface area (Å²) in [7, 11) is 0. The standard InChI is InChI=1S/C10H9FO/c1-6-4-10(12)9-5-7(11)2-3-8(6)9/h2-3,5-6H,4H2,1H3. The van der Waals surface area contributed by atoms with Gasteiger partial charge in [-0.15, -0.1) is 0 Å². The zero-order valence-corrected chi connectivity index (χ0v) is 6.80. The van der Waals surface area contributed by atoms with E-state index in [-0.39, 0.29) is 17.5 Å². The molecule has 0 radical (unpaired) electrons. The van der Waals surface area contributed by atoms with E-state index in [1.54, 1.807) is 6.07 Å². The Kier molecular flexibility index (Phi) is 1.50. The SMILES string of the molecule is CC1CC(=O)c2cc(F)ccc21. The van der Waals surface area contributed by atoms with Gasteiger partial charge >= 0.3 is 0 Å². The first-order chi connectivity index (χ1) is 5.68. The van der Waals surface area contributed by atoms with Crippen LogP contribution >= 0.6 is 0 Å². The van der Waals surface area contributed by atoms with E-state index in [2.05, 4.69) is 0 Å². The number of hydrogen-bond acceptors (Lipinski definition) is 1. The second-order valence-corrected chi connectivity index (χ2v) is 3.26. The predicted octanol–water partition coefficient (Wildman–Crippen LogP) is 2.52. The molecule has 0 aromatic heterocycles. The van der Waals surface area contributed by atoms with Crippen LogP contribution in [-0.4, -0.2) is 5.78 Å². The third kappa shape index (κ3) is 0.951. The number of carbonyl (C=O) groups excluding carboxylic acids is 1. The Morgan fingerprint density at radius 3 is 3.00 bits per heavy atom. The summed E-state index contributed by atoms with van der Waals surface area (Å²) in [5.74, 6) is 0.00120. The molecule has 1 aromatic rings. The molecule has 1 atom stereocenters. The highest BCUT2D eigenvalue weighted by atomic mass is 19.1. The summed E-state index contributed by atoms with van der Waals surface area (Å²) in [6.07, 6.45) is 0.527. The molecule has 0 aliphatic heterocycles. The Morgan fingerprint density at radius 2 is 2.25 bits per heavy atom. The molecule has 0 spiro atoms. The number of fused-ring (bicyclic) bond motifs is 1. The number of halogens is 1. The van der Waals surface area contributed by atoms with Gasteiger partial charge in [-0.2, -0.15) is 0 Å². The lowest BCUT2D eigenvalue weighted by Crippen LogP contribution is -1.91. The molecule has 62 valence electrons. The summed E-state index contributed by atoms with van der Waals surface area (Å²) in [5.41, 5.74) is 1.56. The molecular weight excluding hydrogens is 155 g/mol. The lowest BCUT2D eigenvalue weighted by molar-refractivity contribution is 0.0990. The van der Waals surface area contributed by atoms with Gasteiger partial charge in [-0.3, -0.25) is 4.79 Å². The van der Waals surface area contributed by atoms with Gasteiger partial charge in [-0.25, -0.2) is 4.39 Å². The predicted molar refractivity (Wildman–Crippen MR) is 43.8 cm³/mol. The fourth-order valence-electron chi connectivity index (χ4n) is 1.70. The van der Waals surface area contributed by atoms with Crippen LogP contribution < -0.4 is 0 Å². The van der Waals surface area contributed by atoms with Crippen molar-refractivity contribution in [2.75, 3.05) is 0 Å². The van der Waals surface area contributed by atoms with Crippen molar-refractivity contribution >= 4 is 5.78 Å². The van der Waals surface area contributed by atoms with Gasteiger partial charge < -0.3 is 0 Å². The lowest BCUT2D eigenvalue weighted by atomic mass is 10.0. The van der Waals surface area contributed by atoms with Gasteiger partial charge in [0.2, 0.25) is 0 Å². The zero-order chi connectivity index (χ0) is 8.72. The van der Waals surface area contributed by atoms with Gasteiger partial charge in [0.15, 0.2) is 5.78 Å². The van der Waals surface area contributed by atoms with Crippen LogP contribution in [0.2, 0.25) is 0 Å².